The summed E-state index contributed by atoms with van der Waals surface area (Å²) in [6.45, 7) is 3.01. The van der Waals surface area contributed by atoms with E-state index in [0.717, 1.165) is 21.8 Å². The average molecular weight is 290 g/mol. The number of carbonyl (C=O) groups is 1. The lowest BCUT2D eigenvalue weighted by Crippen LogP contribution is -2.34. The van der Waals surface area contributed by atoms with Gasteiger partial charge in [0.25, 0.3) is 0 Å². The van der Waals surface area contributed by atoms with Crippen molar-refractivity contribution in [2.45, 2.75) is 25.8 Å². The van der Waals surface area contributed by atoms with Gasteiger partial charge in [-0.15, -0.1) is 11.3 Å². The van der Waals surface area contributed by atoms with Crippen LogP contribution in [0.5, 0.6) is 0 Å². The predicted octanol–water partition coefficient (Wildman–Crippen LogP) is 3.15. The molecule has 1 heterocycles. The van der Waals surface area contributed by atoms with Gasteiger partial charge >= 0.3 is 5.97 Å². The number of thiazole rings is 1. The van der Waals surface area contributed by atoms with Crippen LogP contribution in [0.2, 0.25) is 0 Å². The Kier molecular flexibility index (Phi) is 3.72. The Morgan fingerprint density at radius 2 is 2.25 bits per heavy atom. The molecule has 20 heavy (non-hydrogen) atoms. The number of benzene rings is 1. The number of rotatable bonds is 6. The Morgan fingerprint density at radius 3 is 2.90 bits per heavy atom. The maximum absolute atomic E-state index is 11.1. The minimum Gasteiger partial charge on any atom is -0.480 e. The summed E-state index contributed by atoms with van der Waals surface area (Å²) in [5.41, 5.74) is 1.00. The summed E-state index contributed by atoms with van der Waals surface area (Å²) in [6, 6.07) is 8.11. The van der Waals surface area contributed by atoms with Gasteiger partial charge in [0, 0.05) is 6.54 Å². The summed E-state index contributed by atoms with van der Waals surface area (Å²) >= 11 is 1.66. The Hall–Kier alpha value is -1.46. The molecule has 3 rings (SSSR count). The third-order valence-electron chi connectivity index (χ3n) is 3.74. The summed E-state index contributed by atoms with van der Waals surface area (Å²) in [4.78, 5) is 17.8. The molecule has 1 aromatic heterocycles. The molecular weight excluding hydrogens is 272 g/mol. The van der Waals surface area contributed by atoms with Crippen LogP contribution in [0, 0.1) is 5.92 Å². The molecule has 1 fully saturated rings. The second-order valence-electron chi connectivity index (χ2n) is 5.46. The number of carboxylic acids is 1. The van der Waals surface area contributed by atoms with Crippen LogP contribution in [-0.2, 0) is 4.79 Å². The Balaban J connectivity index is 1.82. The lowest BCUT2D eigenvalue weighted by molar-refractivity contribution is -0.139. The summed E-state index contributed by atoms with van der Waals surface area (Å²) < 4.78 is 1.16. The summed E-state index contributed by atoms with van der Waals surface area (Å²) in [7, 11) is 0. The van der Waals surface area contributed by atoms with Gasteiger partial charge in [-0.2, -0.15) is 0 Å². The number of nitrogens with zero attached hydrogens (tertiary/aromatic N) is 2. The Morgan fingerprint density at radius 1 is 1.50 bits per heavy atom. The number of para-hydroxylation sites is 1. The number of fused-ring (bicyclic) bond motifs is 1. The van der Waals surface area contributed by atoms with Crippen LogP contribution in [0.4, 0.5) is 0 Å². The Labute approximate surface area is 122 Å². The van der Waals surface area contributed by atoms with E-state index in [1.807, 2.05) is 23.1 Å². The van der Waals surface area contributed by atoms with E-state index in [1.165, 1.54) is 12.8 Å². The van der Waals surface area contributed by atoms with E-state index in [1.54, 1.807) is 11.3 Å². The van der Waals surface area contributed by atoms with Crippen LogP contribution in [0.15, 0.2) is 24.3 Å². The normalized spacial score (nSPS) is 16.7. The summed E-state index contributed by atoms with van der Waals surface area (Å²) in [6.07, 6.45) is 2.45. The van der Waals surface area contributed by atoms with Crippen molar-refractivity contribution < 1.29 is 9.90 Å². The number of aliphatic carboxylic acids is 1. The molecule has 1 aromatic carbocycles. The number of carboxylic acid groups (broad SMARTS) is 1. The maximum Gasteiger partial charge on any atom is 0.317 e. The quantitative estimate of drug-likeness (QED) is 0.888. The van der Waals surface area contributed by atoms with Crippen molar-refractivity contribution >= 4 is 27.5 Å². The van der Waals surface area contributed by atoms with Gasteiger partial charge in [0.2, 0.25) is 0 Å². The van der Waals surface area contributed by atoms with E-state index in [0.29, 0.717) is 5.92 Å². The first-order valence-corrected chi connectivity index (χ1v) is 7.76. The molecule has 4 nitrogen and oxygen atoms in total. The molecule has 5 heteroatoms. The molecule has 106 valence electrons. The lowest BCUT2D eigenvalue weighted by atomic mass is 10.2. The first-order valence-electron chi connectivity index (χ1n) is 6.95. The van der Waals surface area contributed by atoms with Crippen molar-refractivity contribution in [3.05, 3.63) is 29.3 Å². The fraction of sp³-hybridized carbons (Fsp3) is 0.467. The van der Waals surface area contributed by atoms with Gasteiger partial charge < -0.3 is 5.11 Å². The molecule has 0 bridgehead atoms. The fourth-order valence-electron chi connectivity index (χ4n) is 2.39. The number of hydrogen-bond donors (Lipinski definition) is 1. The first-order chi connectivity index (χ1) is 9.63. The van der Waals surface area contributed by atoms with Gasteiger partial charge in [0.05, 0.1) is 22.8 Å². The predicted molar refractivity (Wildman–Crippen MR) is 80.0 cm³/mol. The van der Waals surface area contributed by atoms with Gasteiger partial charge in [0.1, 0.15) is 5.01 Å². The van der Waals surface area contributed by atoms with Gasteiger partial charge in [-0.25, -0.2) is 4.98 Å². The minimum absolute atomic E-state index is 0.0594. The van der Waals surface area contributed by atoms with E-state index in [9.17, 15) is 4.79 Å². The maximum atomic E-state index is 11.1. The zero-order valence-corrected chi connectivity index (χ0v) is 12.3. The first kappa shape index (κ1) is 13.5. The highest BCUT2D eigenvalue weighted by molar-refractivity contribution is 7.18. The van der Waals surface area contributed by atoms with Crippen molar-refractivity contribution in [3.8, 4) is 0 Å². The topological polar surface area (TPSA) is 53.4 Å². The molecule has 1 atom stereocenters. The van der Waals surface area contributed by atoms with Crippen LogP contribution in [0.1, 0.15) is 30.8 Å². The molecule has 0 spiro atoms. The van der Waals surface area contributed by atoms with E-state index < -0.39 is 5.97 Å². The third-order valence-corrected chi connectivity index (χ3v) is 4.95. The molecule has 1 N–H and O–H groups in total. The molecule has 1 unspecified atom stereocenters. The van der Waals surface area contributed by atoms with Crippen LogP contribution < -0.4 is 0 Å². The van der Waals surface area contributed by atoms with Crippen molar-refractivity contribution in [3.63, 3.8) is 0 Å². The summed E-state index contributed by atoms with van der Waals surface area (Å²) in [5.74, 6) is -0.0928. The SMILES string of the molecule is CC(c1nc2ccccc2s1)N(CC(=O)O)CC1CC1. The van der Waals surface area contributed by atoms with Gasteiger partial charge in [0.15, 0.2) is 0 Å². The highest BCUT2D eigenvalue weighted by Crippen LogP contribution is 2.34. The minimum atomic E-state index is -0.765. The largest absolute Gasteiger partial charge is 0.480 e. The van der Waals surface area contributed by atoms with E-state index >= 15 is 0 Å². The second kappa shape index (κ2) is 5.50. The zero-order valence-electron chi connectivity index (χ0n) is 11.5. The third kappa shape index (κ3) is 2.99. The molecule has 1 saturated carbocycles. The average Bonchev–Trinajstić information content (AvgIpc) is 3.12. The molecule has 1 aliphatic carbocycles. The molecule has 2 aromatic rings. The second-order valence-corrected chi connectivity index (χ2v) is 6.52. The van der Waals surface area contributed by atoms with Crippen molar-refractivity contribution in [2.24, 2.45) is 5.92 Å². The zero-order chi connectivity index (χ0) is 14.1. The van der Waals surface area contributed by atoms with Gasteiger partial charge in [-0.1, -0.05) is 12.1 Å². The number of aromatic nitrogens is 1. The van der Waals surface area contributed by atoms with Gasteiger partial charge in [-0.05, 0) is 37.8 Å². The van der Waals surface area contributed by atoms with Crippen LogP contribution >= 0.6 is 11.3 Å². The molecule has 0 amide bonds. The van der Waals surface area contributed by atoms with E-state index in [-0.39, 0.29) is 12.6 Å². The van der Waals surface area contributed by atoms with Crippen LogP contribution in [0.3, 0.4) is 0 Å². The molecule has 1 aliphatic rings. The smallest absolute Gasteiger partial charge is 0.317 e. The monoisotopic (exact) mass is 290 g/mol. The van der Waals surface area contributed by atoms with Crippen LogP contribution in [-0.4, -0.2) is 34.0 Å². The summed E-state index contributed by atoms with van der Waals surface area (Å²) in [5, 5.41) is 10.1. The standard InChI is InChI=1S/C15H18N2O2S/c1-10(17(9-14(18)19)8-11-6-7-11)15-16-12-4-2-3-5-13(12)20-15/h2-5,10-11H,6-9H2,1H3,(H,18,19). The van der Waals surface area contributed by atoms with E-state index in [4.69, 9.17) is 5.11 Å². The van der Waals surface area contributed by atoms with Crippen LogP contribution in [0.25, 0.3) is 10.2 Å². The molecule has 0 aliphatic heterocycles. The van der Waals surface area contributed by atoms with E-state index in [2.05, 4.69) is 18.0 Å². The van der Waals surface area contributed by atoms with Crippen molar-refractivity contribution in [2.75, 3.05) is 13.1 Å². The highest BCUT2D eigenvalue weighted by Gasteiger charge is 2.29. The number of hydrogen-bond acceptors (Lipinski definition) is 4. The fourth-order valence-corrected chi connectivity index (χ4v) is 3.44. The lowest BCUT2D eigenvalue weighted by Gasteiger charge is -2.25. The van der Waals surface area contributed by atoms with Crippen molar-refractivity contribution in [1.82, 2.24) is 9.88 Å². The molecule has 0 radical (unpaired) electrons. The molecule has 0 saturated heterocycles. The Bertz CT molecular complexity index is 588. The highest BCUT2D eigenvalue weighted by atomic mass is 32.1. The molecular formula is C15H18N2O2S. The van der Waals surface area contributed by atoms with Gasteiger partial charge in [-0.3, -0.25) is 9.69 Å². The van der Waals surface area contributed by atoms with Crippen molar-refractivity contribution in [1.29, 1.82) is 0 Å².